The molecular weight excluding hydrogens is 772 g/mol. The summed E-state index contributed by atoms with van der Waals surface area (Å²) in [5.41, 5.74) is 12.9. The molecule has 0 aliphatic rings. The van der Waals surface area contributed by atoms with Crippen LogP contribution in [-0.2, 0) is 51.7 Å². The molecule has 56 heavy (non-hydrogen) atoms. The molecule has 0 N–H and O–H groups in total. The number of fused-ring (bicyclic) bond motifs is 2. The maximum absolute atomic E-state index is 5.85. The van der Waals surface area contributed by atoms with E-state index in [9.17, 15) is 0 Å². The van der Waals surface area contributed by atoms with Crippen molar-refractivity contribution in [3.05, 3.63) is 146 Å². The Bertz CT molecular complexity index is 2050. The van der Waals surface area contributed by atoms with Gasteiger partial charge in [-0.15, -0.1) is 74.6 Å². The van der Waals surface area contributed by atoms with Gasteiger partial charge in [0.05, 0.1) is 5.60 Å². The predicted octanol–water partition coefficient (Wildman–Crippen LogP) is 15.4. The minimum absolute atomic E-state index is 0. The van der Waals surface area contributed by atoms with Gasteiger partial charge in [-0.05, 0) is 66.7 Å². The zero-order valence-corrected chi connectivity index (χ0v) is 40.6. The Balaban J connectivity index is 0.000000379. The average Bonchev–Trinajstić information content (AvgIpc) is 3.71. The van der Waals surface area contributed by atoms with Crippen LogP contribution >= 0.6 is 0 Å². The van der Waals surface area contributed by atoms with Crippen molar-refractivity contribution in [1.82, 2.24) is 0 Å². The van der Waals surface area contributed by atoms with E-state index in [4.69, 9.17) is 4.74 Å². The fraction of sp³-hybridized carbons (Fsp3) is 0.396. The second kappa shape index (κ2) is 21.8. The van der Waals surface area contributed by atoms with Crippen LogP contribution in [0, 0.1) is 21.8 Å². The van der Waals surface area contributed by atoms with E-state index in [-0.39, 0.29) is 31.3 Å². The molecule has 0 aliphatic heterocycles. The molecule has 6 aromatic carbocycles. The molecule has 0 saturated heterocycles. The van der Waals surface area contributed by atoms with Crippen LogP contribution in [0.25, 0.3) is 43.8 Å². The van der Waals surface area contributed by atoms with Crippen LogP contribution in [0.2, 0.25) is 0 Å². The van der Waals surface area contributed by atoms with Crippen molar-refractivity contribution in [2.45, 2.75) is 131 Å². The molecule has 0 heterocycles. The van der Waals surface area contributed by atoms with Gasteiger partial charge in [0, 0.05) is 6.61 Å². The molecule has 2 radical (unpaired) electrons. The summed E-state index contributed by atoms with van der Waals surface area (Å²) in [7, 11) is 0. The first-order valence-electron chi connectivity index (χ1n) is 20.0. The third-order valence-corrected chi connectivity index (χ3v) is 10.4. The first kappa shape index (κ1) is 49.3. The van der Waals surface area contributed by atoms with Gasteiger partial charge in [0.15, 0.2) is 0 Å². The molecule has 300 valence electrons. The normalized spacial score (nSPS) is 11.5. The number of hydrogen-bond acceptors (Lipinski definition) is 1. The zero-order valence-electron chi connectivity index (χ0n) is 37.2. The van der Waals surface area contributed by atoms with Crippen molar-refractivity contribution >= 4 is 28.4 Å². The number of rotatable bonds is 10. The standard InChI is InChI=1S/C30H41O.C21H23.2CH3.Si.Zr/c1-22-21-24-13-12-15-27(23-16-18-25(19-17-23)29(2,3)4)28(24)26(22)14-10-8-9-11-20-31-30(5,6)7;1-5-15-13-17-7-6-8-19(20(17)14-15)16-9-11-18(12-10-16)21(2,3)4;;;;/h12-13,15-19,21H,8-11,14,20H2,1-7H3;6-14H,5H2,1-4H3;2*1H3;;/q4*-1;;. The summed E-state index contributed by atoms with van der Waals surface area (Å²) in [6, 6.07) is 38.6. The molecule has 3 heteroatoms. The van der Waals surface area contributed by atoms with Crippen LogP contribution in [0.4, 0.5) is 0 Å². The van der Waals surface area contributed by atoms with Gasteiger partial charge in [0.25, 0.3) is 0 Å². The van der Waals surface area contributed by atoms with Gasteiger partial charge in [-0.25, -0.2) is 0 Å². The first-order valence-corrected chi connectivity index (χ1v) is 24.2. The second-order valence-electron chi connectivity index (χ2n) is 17.9. The van der Waals surface area contributed by atoms with Crippen LogP contribution in [0.15, 0.2) is 103 Å². The Morgan fingerprint density at radius 2 is 1.11 bits per heavy atom. The van der Waals surface area contributed by atoms with E-state index in [1.54, 1.807) is 0 Å². The molecule has 0 fully saturated rings. The third-order valence-electron chi connectivity index (χ3n) is 10.4. The van der Waals surface area contributed by atoms with Crippen molar-refractivity contribution in [2.75, 3.05) is 6.61 Å². The monoisotopic (exact) mass is 840 g/mol. The van der Waals surface area contributed by atoms with Gasteiger partial charge in [-0.1, -0.05) is 153 Å². The van der Waals surface area contributed by atoms with Gasteiger partial charge < -0.3 is 19.6 Å². The molecule has 6 aromatic rings. The summed E-state index contributed by atoms with van der Waals surface area (Å²) in [5.74, 6) is 0. The van der Waals surface area contributed by atoms with Crippen molar-refractivity contribution in [1.29, 1.82) is 0 Å². The third kappa shape index (κ3) is 13.4. The fourth-order valence-corrected chi connectivity index (χ4v) is 7.30. The Morgan fingerprint density at radius 3 is 1.62 bits per heavy atom. The fourth-order valence-electron chi connectivity index (χ4n) is 7.30. The summed E-state index contributed by atoms with van der Waals surface area (Å²) in [6.07, 6.45) is 7.16. The molecule has 1 nitrogen and oxygen atoms in total. The van der Waals surface area contributed by atoms with Crippen molar-refractivity contribution in [3.8, 4) is 22.3 Å². The Morgan fingerprint density at radius 1 is 0.607 bits per heavy atom. The molecule has 0 spiro atoms. The van der Waals surface area contributed by atoms with Gasteiger partial charge in [0.2, 0.25) is 0 Å². The summed E-state index contributed by atoms with van der Waals surface area (Å²) >= 11 is 1.36. The molecule has 0 aliphatic carbocycles. The average molecular weight is 842 g/mol. The summed E-state index contributed by atoms with van der Waals surface area (Å²) in [4.78, 5) is 0. The van der Waals surface area contributed by atoms with Crippen molar-refractivity contribution < 1.29 is 28.1 Å². The van der Waals surface area contributed by atoms with Crippen LogP contribution < -0.4 is 0 Å². The molecule has 0 aromatic heterocycles. The topological polar surface area (TPSA) is 9.23 Å². The van der Waals surface area contributed by atoms with Crippen LogP contribution in [-0.4, -0.2) is 19.1 Å². The Kier molecular flexibility index (Phi) is 19.2. The van der Waals surface area contributed by atoms with E-state index in [1.807, 2.05) is 0 Å². The summed E-state index contributed by atoms with van der Waals surface area (Å²) < 4.78 is 5.85. The van der Waals surface area contributed by atoms with E-state index in [0.717, 1.165) is 25.9 Å². The first-order chi connectivity index (χ1) is 25.5. The molecule has 6 rings (SSSR count). The number of hydrogen-bond donors (Lipinski definition) is 0. The van der Waals surface area contributed by atoms with Gasteiger partial charge in [-0.3, -0.25) is 0 Å². The van der Waals surface area contributed by atoms with Gasteiger partial charge in [0.1, 0.15) is 0 Å². The molecular formula is C53H70OSiZr-4. The number of aryl methyl sites for hydroxylation is 3. The van der Waals surface area contributed by atoms with E-state index < -0.39 is 0 Å². The molecule has 0 saturated carbocycles. The number of unbranched alkanes of at least 4 members (excludes halogenated alkanes) is 3. The summed E-state index contributed by atoms with van der Waals surface area (Å²) in [6.45, 7) is 28.4. The van der Waals surface area contributed by atoms with E-state index in [2.05, 4.69) is 186 Å². The van der Waals surface area contributed by atoms with Crippen LogP contribution in [0.1, 0.15) is 123 Å². The van der Waals surface area contributed by atoms with Crippen LogP contribution in [0.5, 0.6) is 0 Å². The SMILES string of the molecule is CCc1cc2c(-c3ccc(C(C)(C)C)cc3)cccc2[cH-]1.Cc1[cH-]c2cccc(-c3ccc(C(C)(C)C)cc3)c2c1CCCCCCOC(C)(C)C.[CH3-].[CH3-].[Si]=[Zr]. The zero-order chi connectivity index (χ0) is 39.7. The van der Waals surface area contributed by atoms with Gasteiger partial charge >= 0.3 is 30.2 Å². The Labute approximate surface area is 360 Å². The maximum atomic E-state index is 5.85. The molecule has 0 amide bonds. The van der Waals surface area contributed by atoms with E-state index in [1.165, 1.54) is 114 Å². The second-order valence-corrected chi connectivity index (χ2v) is 17.9. The molecule has 0 unspecified atom stereocenters. The molecule has 0 bridgehead atoms. The van der Waals surface area contributed by atoms with Gasteiger partial charge in [-0.2, -0.15) is 6.07 Å². The van der Waals surface area contributed by atoms with Crippen molar-refractivity contribution in [2.24, 2.45) is 0 Å². The minimum atomic E-state index is -0.0210. The van der Waals surface area contributed by atoms with Crippen molar-refractivity contribution in [3.63, 3.8) is 0 Å². The van der Waals surface area contributed by atoms with Crippen LogP contribution in [0.3, 0.4) is 0 Å². The summed E-state index contributed by atoms with van der Waals surface area (Å²) in [5, 5.41) is 5.56. The van der Waals surface area contributed by atoms with E-state index >= 15 is 0 Å². The predicted molar refractivity (Wildman–Crippen MR) is 248 cm³/mol. The number of benzene rings is 4. The quantitative estimate of drug-likeness (QED) is 0.0758. The number of ether oxygens (including phenoxy) is 1. The Hall–Kier alpha value is -2.84. The molecule has 0 atom stereocenters. The van der Waals surface area contributed by atoms with E-state index in [0.29, 0.717) is 0 Å².